The normalized spacial score (nSPS) is 14.0. The van der Waals surface area contributed by atoms with Gasteiger partial charge in [0.25, 0.3) is 0 Å². The minimum atomic E-state index is -0.515. The van der Waals surface area contributed by atoms with Crippen molar-refractivity contribution >= 4 is 78.6 Å². The third-order valence-electron chi connectivity index (χ3n) is 16.0. The maximum absolute atomic E-state index is 2.68. The lowest BCUT2D eigenvalue weighted by atomic mass is 9.31. The molecule has 69 heavy (non-hydrogen) atoms. The van der Waals surface area contributed by atoms with E-state index in [1.807, 2.05) is 11.3 Å². The van der Waals surface area contributed by atoms with Gasteiger partial charge in [-0.1, -0.05) is 173 Å². The van der Waals surface area contributed by atoms with Gasteiger partial charge in [0.15, 0.2) is 0 Å². The molecule has 0 radical (unpaired) electrons. The minimum absolute atomic E-state index is 0.00657. The van der Waals surface area contributed by atoms with Gasteiger partial charge < -0.3 is 9.80 Å². The van der Waals surface area contributed by atoms with Gasteiger partial charge in [0.2, 0.25) is 6.71 Å². The zero-order chi connectivity index (χ0) is 46.4. The van der Waals surface area contributed by atoms with Crippen LogP contribution >= 0.6 is 11.3 Å². The second-order valence-electron chi connectivity index (χ2n) is 20.5. The minimum Gasteiger partial charge on any atom is -0.311 e. The van der Waals surface area contributed by atoms with Crippen molar-refractivity contribution in [3.05, 3.63) is 233 Å². The second-order valence-corrected chi connectivity index (χ2v) is 21.5. The third kappa shape index (κ3) is 5.50. The SMILES string of the molecule is Cc1ccc(-c2sc3cccc4c3c2B2c3cccc5c3N(c3ccccc3C53c5ccccc5-c5ccccc53)c3cc(N(c5ccc(C(C)C)cc5)c5ccc(C(C)C)cc5)cc-4c32)c(C)c1. The Morgan fingerprint density at radius 3 is 1.72 bits per heavy atom. The number of hydrogen-bond donors (Lipinski definition) is 0. The Balaban J connectivity index is 1.13. The number of thiophene rings is 1. The number of fused-ring (bicyclic) bond motifs is 13. The van der Waals surface area contributed by atoms with Gasteiger partial charge in [0, 0.05) is 38.0 Å². The summed E-state index contributed by atoms with van der Waals surface area (Å²) < 4.78 is 1.34. The van der Waals surface area contributed by atoms with E-state index in [1.54, 1.807) is 0 Å². The molecular weight excluding hydrogens is 852 g/mol. The molecule has 14 rings (SSSR count). The van der Waals surface area contributed by atoms with E-state index in [-0.39, 0.29) is 6.71 Å². The summed E-state index contributed by atoms with van der Waals surface area (Å²) in [6, 6.07) is 72.8. The number of rotatable bonds is 6. The number of nitrogens with zero attached hydrogens (tertiary/aromatic N) is 2. The topological polar surface area (TPSA) is 6.48 Å². The van der Waals surface area contributed by atoms with Gasteiger partial charge in [0.05, 0.1) is 11.1 Å². The first-order chi connectivity index (χ1) is 33.7. The summed E-state index contributed by atoms with van der Waals surface area (Å²) in [7, 11) is 0. The Kier molecular flexibility index (Phi) is 8.72. The van der Waals surface area contributed by atoms with E-state index in [0.29, 0.717) is 11.8 Å². The molecule has 0 amide bonds. The van der Waals surface area contributed by atoms with Gasteiger partial charge in [-0.25, -0.2) is 0 Å². The summed E-state index contributed by atoms with van der Waals surface area (Å²) in [5.41, 5.74) is 28.2. The van der Waals surface area contributed by atoms with E-state index in [1.165, 1.54) is 121 Å². The average molecular weight is 903 g/mol. The predicted octanol–water partition coefficient (Wildman–Crippen LogP) is 15.9. The molecule has 1 aliphatic carbocycles. The van der Waals surface area contributed by atoms with Crippen molar-refractivity contribution in [1.29, 1.82) is 0 Å². The highest BCUT2D eigenvalue weighted by molar-refractivity contribution is 7.26. The highest BCUT2D eigenvalue weighted by Crippen LogP contribution is 2.64. The van der Waals surface area contributed by atoms with E-state index in [2.05, 4.69) is 239 Å². The summed E-state index contributed by atoms with van der Waals surface area (Å²) in [6.45, 7) is 13.6. The molecule has 0 N–H and O–H groups in total. The van der Waals surface area contributed by atoms with Crippen LogP contribution in [0.1, 0.15) is 84.0 Å². The number of hydrogen-bond acceptors (Lipinski definition) is 3. The standard InChI is InChI=1S/C65H51BN2S/c1-38(2)42-26-30-44(31-27-42)67(45-32-28-43(29-33-45)39(3)4)46-36-51-50-17-13-24-59-60(50)62(64(69-59)47-34-25-40(5)35-41(47)6)66-56-22-14-21-55-63(56)68(58(37-46)61(51)66)57-23-12-11-20-54(57)65(55)52-18-9-7-15-48(52)49-16-8-10-19-53(49)65/h7-39H,1-6H3. The Bertz CT molecular complexity index is 3680. The van der Waals surface area contributed by atoms with Crippen LogP contribution in [0.5, 0.6) is 0 Å². The van der Waals surface area contributed by atoms with Gasteiger partial charge in [-0.15, -0.1) is 11.3 Å². The van der Waals surface area contributed by atoms with Crippen LogP contribution < -0.4 is 26.2 Å². The number of aryl methyl sites for hydroxylation is 2. The van der Waals surface area contributed by atoms with Crippen molar-refractivity contribution in [2.75, 3.05) is 9.80 Å². The lowest BCUT2D eigenvalue weighted by molar-refractivity contribution is 0.753. The van der Waals surface area contributed by atoms with Crippen LogP contribution in [0.3, 0.4) is 0 Å². The van der Waals surface area contributed by atoms with E-state index >= 15 is 0 Å². The molecule has 4 heteroatoms. The summed E-state index contributed by atoms with van der Waals surface area (Å²) >= 11 is 1.97. The molecule has 3 aliphatic heterocycles. The maximum Gasteiger partial charge on any atom is 0.250 e. The first-order valence-electron chi connectivity index (χ1n) is 24.8. The molecule has 4 heterocycles. The van der Waals surface area contributed by atoms with Gasteiger partial charge in [-0.2, -0.15) is 0 Å². The molecule has 0 bridgehead atoms. The molecule has 4 aliphatic rings. The highest BCUT2D eigenvalue weighted by atomic mass is 32.1. The fourth-order valence-corrected chi connectivity index (χ4v) is 14.3. The van der Waals surface area contributed by atoms with E-state index in [4.69, 9.17) is 0 Å². The Hall–Kier alpha value is -7.40. The largest absolute Gasteiger partial charge is 0.311 e. The van der Waals surface area contributed by atoms with Crippen molar-refractivity contribution in [3.63, 3.8) is 0 Å². The smallest absolute Gasteiger partial charge is 0.250 e. The van der Waals surface area contributed by atoms with Crippen molar-refractivity contribution in [3.8, 4) is 32.7 Å². The lowest BCUT2D eigenvalue weighted by Crippen LogP contribution is -2.61. The van der Waals surface area contributed by atoms with E-state index in [0.717, 1.165) is 17.1 Å². The molecule has 330 valence electrons. The van der Waals surface area contributed by atoms with Gasteiger partial charge in [0.1, 0.15) is 0 Å². The molecule has 0 fully saturated rings. The molecular formula is C65H51BN2S. The quantitative estimate of drug-likeness (QED) is 0.153. The number of anilines is 6. The van der Waals surface area contributed by atoms with Crippen LogP contribution in [0.2, 0.25) is 0 Å². The van der Waals surface area contributed by atoms with Crippen LogP contribution in [0, 0.1) is 13.8 Å². The van der Waals surface area contributed by atoms with Gasteiger partial charge >= 0.3 is 0 Å². The summed E-state index contributed by atoms with van der Waals surface area (Å²) in [6.07, 6.45) is 0. The average Bonchev–Trinajstić information content (AvgIpc) is 3.90. The van der Waals surface area contributed by atoms with Crippen LogP contribution in [0.15, 0.2) is 188 Å². The van der Waals surface area contributed by atoms with Crippen molar-refractivity contribution in [2.24, 2.45) is 0 Å². The molecule has 9 aromatic carbocycles. The lowest BCUT2D eigenvalue weighted by Gasteiger charge is -2.50. The van der Waals surface area contributed by atoms with Crippen LogP contribution in [-0.4, -0.2) is 6.71 Å². The summed E-state index contributed by atoms with van der Waals surface area (Å²) in [4.78, 5) is 6.57. The van der Waals surface area contributed by atoms with Crippen LogP contribution in [0.25, 0.3) is 42.8 Å². The molecule has 1 spiro atoms. The molecule has 0 saturated heterocycles. The van der Waals surface area contributed by atoms with E-state index < -0.39 is 5.41 Å². The van der Waals surface area contributed by atoms with Crippen LogP contribution in [-0.2, 0) is 5.41 Å². The summed E-state index contributed by atoms with van der Waals surface area (Å²) in [5, 5.41) is 1.39. The summed E-state index contributed by atoms with van der Waals surface area (Å²) in [5.74, 6) is 0.875. The fourth-order valence-electron chi connectivity index (χ4n) is 13.0. The van der Waals surface area contributed by atoms with Crippen molar-refractivity contribution < 1.29 is 0 Å². The zero-order valence-corrected chi connectivity index (χ0v) is 40.7. The number of para-hydroxylation sites is 2. The van der Waals surface area contributed by atoms with Gasteiger partial charge in [-0.05, 0) is 163 Å². The highest BCUT2D eigenvalue weighted by Gasteiger charge is 2.55. The molecule has 1 aromatic heterocycles. The predicted molar refractivity (Wildman–Crippen MR) is 295 cm³/mol. The monoisotopic (exact) mass is 902 g/mol. The number of benzene rings is 9. The Labute approximate surface area is 410 Å². The third-order valence-corrected chi connectivity index (χ3v) is 17.2. The van der Waals surface area contributed by atoms with Gasteiger partial charge in [-0.3, -0.25) is 0 Å². The first-order valence-corrected chi connectivity index (χ1v) is 25.6. The maximum atomic E-state index is 2.68. The molecule has 0 atom stereocenters. The zero-order valence-electron chi connectivity index (χ0n) is 39.9. The Morgan fingerprint density at radius 2 is 1.07 bits per heavy atom. The molecule has 0 unspecified atom stereocenters. The first kappa shape index (κ1) is 40.7. The van der Waals surface area contributed by atoms with Crippen LogP contribution in [0.4, 0.5) is 34.1 Å². The second kappa shape index (κ2) is 14.8. The Morgan fingerprint density at radius 1 is 0.478 bits per heavy atom. The molecule has 10 aromatic rings. The van der Waals surface area contributed by atoms with Crippen molar-refractivity contribution in [2.45, 2.75) is 58.8 Å². The molecule has 2 nitrogen and oxygen atoms in total. The van der Waals surface area contributed by atoms with Crippen molar-refractivity contribution in [1.82, 2.24) is 0 Å². The fraction of sp³-hybridized carbons (Fsp3) is 0.138. The van der Waals surface area contributed by atoms with E-state index in [9.17, 15) is 0 Å². The molecule has 0 saturated carbocycles.